The van der Waals surface area contributed by atoms with Crippen LogP contribution in [0.5, 0.6) is 0 Å². The normalized spacial score (nSPS) is 10.5. The molecule has 1 heterocycles. The van der Waals surface area contributed by atoms with Gasteiger partial charge in [0.05, 0.1) is 13.0 Å². The van der Waals surface area contributed by atoms with Crippen LogP contribution in [0.15, 0.2) is 28.7 Å². The standard InChI is InChI=1S/C13H14ClN3O3/c1-19-7-6-15-12(18)13-17-16-11(20-13)8-9-2-4-10(14)5-3-9/h2-5H,6-8H2,1H3,(H,15,18). The summed E-state index contributed by atoms with van der Waals surface area (Å²) >= 11 is 5.81. The highest BCUT2D eigenvalue weighted by Crippen LogP contribution is 2.13. The van der Waals surface area contributed by atoms with Crippen molar-refractivity contribution in [3.63, 3.8) is 0 Å². The molecule has 6 nitrogen and oxygen atoms in total. The van der Waals surface area contributed by atoms with Crippen molar-refractivity contribution in [3.8, 4) is 0 Å². The van der Waals surface area contributed by atoms with Crippen LogP contribution in [0.25, 0.3) is 0 Å². The molecule has 1 aromatic heterocycles. The van der Waals surface area contributed by atoms with Gasteiger partial charge in [0.15, 0.2) is 0 Å². The number of ether oxygens (including phenoxy) is 1. The number of carbonyl (C=O) groups excluding carboxylic acids is 1. The van der Waals surface area contributed by atoms with Crippen LogP contribution < -0.4 is 5.32 Å². The third-order valence-corrected chi connectivity index (χ3v) is 2.77. The molecule has 0 aliphatic heterocycles. The van der Waals surface area contributed by atoms with E-state index in [2.05, 4.69) is 15.5 Å². The summed E-state index contributed by atoms with van der Waals surface area (Å²) in [6, 6.07) is 7.30. The smallest absolute Gasteiger partial charge is 0.308 e. The third-order valence-electron chi connectivity index (χ3n) is 2.52. The molecule has 2 aromatic rings. The number of hydrogen-bond acceptors (Lipinski definition) is 5. The van der Waals surface area contributed by atoms with E-state index in [9.17, 15) is 4.79 Å². The molecule has 1 amide bonds. The quantitative estimate of drug-likeness (QED) is 0.821. The minimum atomic E-state index is -0.406. The van der Waals surface area contributed by atoms with Crippen LogP contribution in [-0.4, -0.2) is 36.4 Å². The van der Waals surface area contributed by atoms with Gasteiger partial charge in [-0.05, 0) is 17.7 Å². The molecular formula is C13H14ClN3O3. The number of nitrogens with zero attached hydrogens (tertiary/aromatic N) is 2. The molecule has 106 valence electrons. The maximum absolute atomic E-state index is 11.6. The summed E-state index contributed by atoms with van der Waals surface area (Å²) < 4.78 is 10.1. The first-order valence-electron chi connectivity index (χ1n) is 6.03. The fraction of sp³-hybridized carbons (Fsp3) is 0.308. The van der Waals surface area contributed by atoms with Crippen molar-refractivity contribution in [3.05, 3.63) is 46.6 Å². The van der Waals surface area contributed by atoms with E-state index in [1.165, 1.54) is 0 Å². The average Bonchev–Trinajstić information content (AvgIpc) is 2.90. The maximum atomic E-state index is 11.6. The summed E-state index contributed by atoms with van der Waals surface area (Å²) in [6.45, 7) is 0.821. The minimum absolute atomic E-state index is 0.0509. The van der Waals surface area contributed by atoms with Crippen LogP contribution in [0.1, 0.15) is 22.1 Å². The predicted molar refractivity (Wildman–Crippen MR) is 72.8 cm³/mol. The second-order valence-corrected chi connectivity index (χ2v) is 4.49. The Balaban J connectivity index is 1.94. The minimum Gasteiger partial charge on any atom is -0.417 e. The molecule has 0 spiro atoms. The highest BCUT2D eigenvalue weighted by atomic mass is 35.5. The number of methoxy groups -OCH3 is 1. The van der Waals surface area contributed by atoms with Gasteiger partial charge in [0, 0.05) is 18.7 Å². The molecule has 1 aromatic carbocycles. The number of carbonyl (C=O) groups is 1. The first kappa shape index (κ1) is 14.5. The number of benzene rings is 1. The van der Waals surface area contributed by atoms with Crippen molar-refractivity contribution >= 4 is 17.5 Å². The van der Waals surface area contributed by atoms with Crippen LogP contribution >= 0.6 is 11.6 Å². The molecule has 2 rings (SSSR count). The fourth-order valence-electron chi connectivity index (χ4n) is 1.54. The Labute approximate surface area is 121 Å². The molecule has 0 bridgehead atoms. The summed E-state index contributed by atoms with van der Waals surface area (Å²) in [4.78, 5) is 11.6. The zero-order valence-electron chi connectivity index (χ0n) is 10.9. The molecule has 0 radical (unpaired) electrons. The van der Waals surface area contributed by atoms with Gasteiger partial charge in [0.2, 0.25) is 5.89 Å². The summed E-state index contributed by atoms with van der Waals surface area (Å²) in [5, 5.41) is 10.8. The van der Waals surface area contributed by atoms with Crippen molar-refractivity contribution in [1.82, 2.24) is 15.5 Å². The highest BCUT2D eigenvalue weighted by molar-refractivity contribution is 6.30. The lowest BCUT2D eigenvalue weighted by molar-refractivity contribution is 0.0901. The lowest BCUT2D eigenvalue weighted by Crippen LogP contribution is -2.27. The van der Waals surface area contributed by atoms with Gasteiger partial charge >= 0.3 is 11.8 Å². The lowest BCUT2D eigenvalue weighted by Gasteiger charge is -2.00. The Bertz CT molecular complexity index is 568. The van der Waals surface area contributed by atoms with E-state index in [-0.39, 0.29) is 5.89 Å². The van der Waals surface area contributed by atoms with Gasteiger partial charge in [-0.2, -0.15) is 0 Å². The molecule has 0 unspecified atom stereocenters. The van der Waals surface area contributed by atoms with Gasteiger partial charge < -0.3 is 14.5 Å². The van der Waals surface area contributed by atoms with Crippen molar-refractivity contribution in [1.29, 1.82) is 0 Å². The van der Waals surface area contributed by atoms with Gasteiger partial charge in [0.25, 0.3) is 0 Å². The van der Waals surface area contributed by atoms with Crippen molar-refractivity contribution in [2.45, 2.75) is 6.42 Å². The van der Waals surface area contributed by atoms with Crippen molar-refractivity contribution in [2.75, 3.05) is 20.3 Å². The predicted octanol–water partition coefficient (Wildman–Crippen LogP) is 1.69. The van der Waals surface area contributed by atoms with Crippen LogP contribution in [0.4, 0.5) is 0 Å². The van der Waals surface area contributed by atoms with E-state index in [1.807, 2.05) is 12.1 Å². The number of hydrogen-bond donors (Lipinski definition) is 1. The molecule has 0 aliphatic carbocycles. The van der Waals surface area contributed by atoms with Crippen molar-refractivity contribution in [2.24, 2.45) is 0 Å². The first-order valence-corrected chi connectivity index (χ1v) is 6.41. The molecule has 20 heavy (non-hydrogen) atoms. The Morgan fingerprint density at radius 2 is 2.10 bits per heavy atom. The van der Waals surface area contributed by atoms with E-state index in [1.54, 1.807) is 19.2 Å². The molecule has 0 fully saturated rings. The molecule has 0 aliphatic rings. The Morgan fingerprint density at radius 1 is 1.35 bits per heavy atom. The monoisotopic (exact) mass is 295 g/mol. The number of amides is 1. The van der Waals surface area contributed by atoms with E-state index in [4.69, 9.17) is 20.8 Å². The summed E-state index contributed by atoms with van der Waals surface area (Å²) in [7, 11) is 1.56. The lowest BCUT2D eigenvalue weighted by atomic mass is 10.1. The summed E-state index contributed by atoms with van der Waals surface area (Å²) in [5.41, 5.74) is 0.976. The molecule has 7 heteroatoms. The number of nitrogens with one attached hydrogen (secondary N) is 1. The van der Waals surface area contributed by atoms with E-state index in [0.29, 0.717) is 30.5 Å². The second kappa shape index (κ2) is 7.02. The Kier molecular flexibility index (Phi) is 5.09. The van der Waals surface area contributed by atoms with E-state index < -0.39 is 5.91 Å². The average molecular weight is 296 g/mol. The third kappa shape index (κ3) is 4.04. The second-order valence-electron chi connectivity index (χ2n) is 4.05. The van der Waals surface area contributed by atoms with Crippen molar-refractivity contribution < 1.29 is 13.9 Å². The van der Waals surface area contributed by atoms with Gasteiger partial charge in [0.1, 0.15) is 0 Å². The summed E-state index contributed by atoms with van der Waals surface area (Å²) in [5.74, 6) is -0.0776. The topological polar surface area (TPSA) is 77.2 Å². The van der Waals surface area contributed by atoms with Gasteiger partial charge in [-0.1, -0.05) is 23.7 Å². The summed E-state index contributed by atoms with van der Waals surface area (Å²) in [6.07, 6.45) is 0.454. The largest absolute Gasteiger partial charge is 0.417 e. The molecule has 0 atom stereocenters. The van der Waals surface area contributed by atoms with E-state index in [0.717, 1.165) is 5.56 Å². The molecule has 1 N–H and O–H groups in total. The fourth-order valence-corrected chi connectivity index (χ4v) is 1.66. The number of aromatic nitrogens is 2. The Morgan fingerprint density at radius 3 is 2.80 bits per heavy atom. The molecular weight excluding hydrogens is 282 g/mol. The van der Waals surface area contributed by atoms with Crippen LogP contribution in [0.2, 0.25) is 5.02 Å². The molecule has 0 saturated carbocycles. The Hall–Kier alpha value is -1.92. The van der Waals surface area contributed by atoms with Crippen LogP contribution in [0, 0.1) is 0 Å². The van der Waals surface area contributed by atoms with E-state index >= 15 is 0 Å². The van der Waals surface area contributed by atoms with Gasteiger partial charge in [-0.15, -0.1) is 10.2 Å². The molecule has 0 saturated heterocycles. The highest BCUT2D eigenvalue weighted by Gasteiger charge is 2.14. The number of rotatable bonds is 6. The maximum Gasteiger partial charge on any atom is 0.308 e. The van der Waals surface area contributed by atoms with Gasteiger partial charge in [-0.25, -0.2) is 0 Å². The number of halogens is 1. The zero-order valence-corrected chi connectivity index (χ0v) is 11.7. The van der Waals surface area contributed by atoms with Crippen LogP contribution in [0.3, 0.4) is 0 Å². The SMILES string of the molecule is COCCNC(=O)c1nnc(Cc2ccc(Cl)cc2)o1. The van der Waals surface area contributed by atoms with Gasteiger partial charge in [-0.3, -0.25) is 4.79 Å². The zero-order chi connectivity index (χ0) is 14.4. The van der Waals surface area contributed by atoms with Crippen LogP contribution in [-0.2, 0) is 11.2 Å². The first-order chi connectivity index (χ1) is 9.69.